The lowest BCUT2D eigenvalue weighted by atomic mass is 9.94. The molecule has 11 nitrogen and oxygen atoms in total. The summed E-state index contributed by atoms with van der Waals surface area (Å²) in [7, 11) is 0. The molecule has 0 aliphatic rings. The quantitative estimate of drug-likeness (QED) is 0.0285. The maximum atomic E-state index is 12.6. The molecule has 2 rings (SSSR count). The van der Waals surface area contributed by atoms with Crippen LogP contribution >= 0.6 is 0 Å². The second-order valence-electron chi connectivity index (χ2n) is 15.9. The van der Waals surface area contributed by atoms with Crippen molar-refractivity contribution in [3.05, 3.63) is 65.7 Å². The zero-order valence-corrected chi connectivity index (χ0v) is 34.0. The Labute approximate surface area is 327 Å². The second-order valence-corrected chi connectivity index (χ2v) is 15.9. The summed E-state index contributed by atoms with van der Waals surface area (Å²) in [4.78, 5) is 16.9. The van der Waals surface area contributed by atoms with Gasteiger partial charge >= 0.3 is 12.3 Å². The summed E-state index contributed by atoms with van der Waals surface area (Å²) in [5, 5.41) is 37.5. The number of aliphatic carboxylic acids is 1. The molecule has 2 aromatic rings. The Morgan fingerprint density at radius 1 is 0.836 bits per heavy atom. The summed E-state index contributed by atoms with van der Waals surface area (Å²) in [5.74, 6) is -0.447. The predicted molar refractivity (Wildman–Crippen MR) is 213 cm³/mol. The van der Waals surface area contributed by atoms with Crippen molar-refractivity contribution in [3.63, 3.8) is 0 Å². The minimum atomic E-state index is -4.74. The molecule has 0 bridgehead atoms. The van der Waals surface area contributed by atoms with Crippen LogP contribution in [0.5, 0.6) is 5.75 Å². The minimum Gasteiger partial charge on any atom is -0.480 e. The van der Waals surface area contributed by atoms with Gasteiger partial charge in [0.25, 0.3) is 0 Å². The van der Waals surface area contributed by atoms with Crippen molar-refractivity contribution in [1.29, 1.82) is 0 Å². The van der Waals surface area contributed by atoms with E-state index in [1.54, 1.807) is 12.1 Å². The fraction of sp³-hybridized carbons (Fsp3) is 0.683. The number of carbonyl (C=O) groups is 1. The molecule has 0 saturated heterocycles. The van der Waals surface area contributed by atoms with Gasteiger partial charge in [0.1, 0.15) is 11.8 Å². The molecule has 0 saturated carbocycles. The normalized spacial score (nSPS) is 16.8. The van der Waals surface area contributed by atoms with E-state index in [4.69, 9.17) is 10.6 Å². The van der Waals surface area contributed by atoms with Crippen molar-refractivity contribution in [2.75, 3.05) is 19.6 Å². The Morgan fingerprint density at radius 2 is 1.49 bits per heavy atom. The van der Waals surface area contributed by atoms with Gasteiger partial charge in [-0.05, 0) is 72.7 Å². The third-order valence-electron chi connectivity index (χ3n) is 10.2. The molecule has 0 fully saturated rings. The van der Waals surface area contributed by atoms with E-state index in [0.717, 1.165) is 24.0 Å². The summed E-state index contributed by atoms with van der Waals surface area (Å²) >= 11 is 0. The van der Waals surface area contributed by atoms with E-state index in [2.05, 4.69) is 59.0 Å². The summed E-state index contributed by atoms with van der Waals surface area (Å²) in [5.41, 5.74) is 8.83. The van der Waals surface area contributed by atoms with E-state index in [9.17, 15) is 28.3 Å². The zero-order valence-electron chi connectivity index (χ0n) is 34.0. The van der Waals surface area contributed by atoms with E-state index in [1.165, 1.54) is 12.1 Å². The summed E-state index contributed by atoms with van der Waals surface area (Å²) < 4.78 is 41.8. The molecular formula is C41H69F3N6O5. The fourth-order valence-electron chi connectivity index (χ4n) is 6.72. The molecule has 0 aliphatic carbocycles. The zero-order chi connectivity index (χ0) is 41.1. The molecule has 0 aromatic heterocycles. The molecule has 9 N–H and O–H groups in total. The highest BCUT2D eigenvalue weighted by molar-refractivity contribution is 5.73. The van der Waals surface area contributed by atoms with Gasteiger partial charge in [0.2, 0.25) is 0 Å². The number of halogens is 3. The first-order valence-electron chi connectivity index (χ1n) is 19.8. The molecule has 1 unspecified atom stereocenters. The SMILES string of the molecule is CC[C@H](C)[C@@H](CN[C@H](C(=O)O)C(C)C)NCC[C@H](N)[C@H](Cc1ccccc1)N[C@@H](OO)C(NC[C@H](CC(C)C)NCc1ccc(OC(F)(F)F)cc1)C(C)C. The van der Waals surface area contributed by atoms with E-state index < -0.39 is 24.6 Å². The van der Waals surface area contributed by atoms with Crippen molar-refractivity contribution >= 4 is 5.97 Å². The number of carboxylic acids is 1. The van der Waals surface area contributed by atoms with Gasteiger partial charge in [-0.1, -0.05) is 104 Å². The van der Waals surface area contributed by atoms with Crippen LogP contribution in [0, 0.1) is 23.7 Å². The van der Waals surface area contributed by atoms with Gasteiger partial charge in [-0.3, -0.25) is 15.4 Å². The molecule has 2 aromatic carbocycles. The van der Waals surface area contributed by atoms with Crippen LogP contribution in [0.1, 0.15) is 85.8 Å². The smallest absolute Gasteiger partial charge is 0.480 e. The van der Waals surface area contributed by atoms with Crippen LogP contribution in [-0.4, -0.2) is 84.8 Å². The Bertz CT molecular complexity index is 1320. The van der Waals surface area contributed by atoms with Gasteiger partial charge in [-0.2, -0.15) is 0 Å². The Morgan fingerprint density at radius 3 is 2.02 bits per heavy atom. The lowest BCUT2D eigenvalue weighted by Crippen LogP contribution is -2.60. The summed E-state index contributed by atoms with van der Waals surface area (Å²) in [6.45, 7) is 18.5. The number of hydrogen-bond donors (Lipinski definition) is 8. The molecule has 8 atom stereocenters. The molecule has 14 heteroatoms. The van der Waals surface area contributed by atoms with Crippen LogP contribution in [0.2, 0.25) is 0 Å². The topological polar surface area (TPSA) is 162 Å². The third-order valence-corrected chi connectivity index (χ3v) is 10.2. The molecule has 314 valence electrons. The first-order chi connectivity index (χ1) is 25.9. The average Bonchev–Trinajstić information content (AvgIpc) is 3.11. The Balaban J connectivity index is 2.15. The molecule has 55 heavy (non-hydrogen) atoms. The Hall–Kier alpha value is -2.82. The van der Waals surface area contributed by atoms with Gasteiger partial charge in [-0.15, -0.1) is 13.2 Å². The molecule has 0 amide bonds. The van der Waals surface area contributed by atoms with Crippen molar-refractivity contribution < 1.29 is 38.0 Å². The molecule has 0 heterocycles. The van der Waals surface area contributed by atoms with E-state index in [1.807, 2.05) is 58.0 Å². The lowest BCUT2D eigenvalue weighted by molar-refractivity contribution is -0.296. The Kier molecular flexibility index (Phi) is 21.7. The molecular weight excluding hydrogens is 713 g/mol. The monoisotopic (exact) mass is 783 g/mol. The lowest BCUT2D eigenvalue weighted by Gasteiger charge is -2.36. The van der Waals surface area contributed by atoms with Gasteiger partial charge < -0.3 is 36.8 Å². The largest absolute Gasteiger partial charge is 0.573 e. The predicted octanol–water partition coefficient (Wildman–Crippen LogP) is 6.14. The maximum absolute atomic E-state index is 12.6. The summed E-state index contributed by atoms with van der Waals surface area (Å²) in [6, 6.07) is 14.4. The van der Waals surface area contributed by atoms with Crippen LogP contribution < -0.4 is 37.1 Å². The van der Waals surface area contributed by atoms with Crippen LogP contribution in [0.25, 0.3) is 0 Å². The average molecular weight is 783 g/mol. The maximum Gasteiger partial charge on any atom is 0.573 e. The number of benzene rings is 2. The van der Waals surface area contributed by atoms with E-state index >= 15 is 0 Å². The van der Waals surface area contributed by atoms with Crippen LogP contribution in [0.3, 0.4) is 0 Å². The second kappa shape index (κ2) is 24.7. The minimum absolute atomic E-state index is 0.0133. The first-order valence-corrected chi connectivity index (χ1v) is 19.8. The number of rotatable bonds is 28. The van der Waals surface area contributed by atoms with E-state index in [0.29, 0.717) is 50.9 Å². The van der Waals surface area contributed by atoms with Crippen molar-refractivity contribution in [2.45, 2.75) is 136 Å². The number of nitrogens with two attached hydrogens (primary N) is 1. The number of hydrogen-bond acceptors (Lipinski definition) is 10. The number of ether oxygens (including phenoxy) is 1. The van der Waals surface area contributed by atoms with Gasteiger partial charge in [0, 0.05) is 43.8 Å². The standard InChI is InChI=1S/C41H69F3N6O5/c1-9-29(8)36(25-49-38(28(6)7)40(51)52)46-20-19-34(45)35(22-30-13-11-10-12-14-30)50-39(55-53)37(27(4)5)48-24-32(21-26(2)3)47-23-31-15-17-33(18-16-31)54-41(42,43)44/h10-18,26-29,32,34-39,46-50,53H,9,19-25,45H2,1-8H3,(H,51,52)/t29-,32-,34-,35-,36+,37?,38-,39-/m0/s1. The van der Waals surface area contributed by atoms with Crippen LogP contribution in [0.4, 0.5) is 13.2 Å². The highest BCUT2D eigenvalue weighted by atomic mass is 19.4. The van der Waals surface area contributed by atoms with Crippen molar-refractivity contribution in [2.24, 2.45) is 29.4 Å². The summed E-state index contributed by atoms with van der Waals surface area (Å²) in [6.07, 6.45) is -2.55. The van der Waals surface area contributed by atoms with E-state index in [-0.39, 0.29) is 47.8 Å². The number of carboxylic acid groups (broad SMARTS) is 1. The highest BCUT2D eigenvalue weighted by Crippen LogP contribution is 2.23. The fourth-order valence-corrected chi connectivity index (χ4v) is 6.72. The van der Waals surface area contributed by atoms with Gasteiger partial charge in [0.15, 0.2) is 6.23 Å². The van der Waals surface area contributed by atoms with Crippen molar-refractivity contribution in [1.82, 2.24) is 26.6 Å². The van der Waals surface area contributed by atoms with Gasteiger partial charge in [0.05, 0.1) is 6.04 Å². The molecule has 0 aliphatic heterocycles. The molecule has 0 spiro atoms. The number of alkyl halides is 3. The number of nitrogens with one attached hydrogen (secondary N) is 5. The molecule has 0 radical (unpaired) electrons. The first kappa shape index (κ1) is 48.3. The van der Waals surface area contributed by atoms with Crippen LogP contribution in [0.15, 0.2) is 54.6 Å². The highest BCUT2D eigenvalue weighted by Gasteiger charge is 2.32. The third kappa shape index (κ3) is 18.8. The van der Waals surface area contributed by atoms with Crippen molar-refractivity contribution in [3.8, 4) is 5.75 Å². The van der Waals surface area contributed by atoms with Gasteiger partial charge in [-0.25, -0.2) is 4.89 Å². The van der Waals surface area contributed by atoms with Crippen LogP contribution in [-0.2, 0) is 22.6 Å².